The minimum absolute atomic E-state index is 0.171. The van der Waals surface area contributed by atoms with Gasteiger partial charge in [-0.05, 0) is 39.1 Å². The van der Waals surface area contributed by atoms with Crippen molar-refractivity contribution in [2.24, 2.45) is 0 Å². The zero-order valence-electron chi connectivity index (χ0n) is 11.1. The van der Waals surface area contributed by atoms with Crippen LogP contribution in [0.1, 0.15) is 32.6 Å². The predicted molar refractivity (Wildman–Crippen MR) is 71.5 cm³/mol. The van der Waals surface area contributed by atoms with Gasteiger partial charge in [0.1, 0.15) is 11.6 Å². The number of nitrogens with one attached hydrogen (secondary N) is 1. The minimum atomic E-state index is -0.628. The number of amides is 1. The van der Waals surface area contributed by atoms with E-state index < -0.39 is 17.6 Å². The average Bonchev–Trinajstić information content (AvgIpc) is 2.67. The van der Waals surface area contributed by atoms with Crippen LogP contribution in [-0.2, 0) is 20.7 Å². The van der Waals surface area contributed by atoms with Crippen molar-refractivity contribution in [3.05, 3.63) is 22.4 Å². The van der Waals surface area contributed by atoms with Gasteiger partial charge < -0.3 is 10.1 Å². The minimum Gasteiger partial charge on any atom is -0.458 e. The first kappa shape index (κ1) is 14.7. The van der Waals surface area contributed by atoms with E-state index in [1.807, 2.05) is 17.5 Å². The van der Waals surface area contributed by atoms with E-state index >= 15 is 0 Å². The molecule has 1 amide bonds. The van der Waals surface area contributed by atoms with E-state index in [0.29, 0.717) is 6.42 Å². The smallest absolute Gasteiger partial charge is 0.328 e. The summed E-state index contributed by atoms with van der Waals surface area (Å²) in [6.45, 7) is 7.02. The molecular formula is C13H19NO3S. The zero-order chi connectivity index (χ0) is 13.8. The topological polar surface area (TPSA) is 55.4 Å². The molecule has 0 fully saturated rings. The van der Waals surface area contributed by atoms with E-state index in [1.54, 1.807) is 27.7 Å². The third-order valence-corrected chi connectivity index (χ3v) is 2.93. The Morgan fingerprint density at radius 3 is 2.61 bits per heavy atom. The van der Waals surface area contributed by atoms with Gasteiger partial charge in [0.2, 0.25) is 5.91 Å². The number of carbonyl (C=O) groups excluding carboxylic acids is 2. The molecule has 0 saturated heterocycles. The lowest BCUT2D eigenvalue weighted by Crippen LogP contribution is -2.42. The quantitative estimate of drug-likeness (QED) is 0.852. The third kappa shape index (κ3) is 5.31. The summed E-state index contributed by atoms with van der Waals surface area (Å²) in [4.78, 5) is 24.3. The second kappa shape index (κ2) is 6.00. The number of hydrogen-bond donors (Lipinski definition) is 1. The summed E-state index contributed by atoms with van der Waals surface area (Å²) >= 11 is 1.52. The summed E-state index contributed by atoms with van der Waals surface area (Å²) < 4.78 is 5.18. The molecule has 1 atom stereocenters. The van der Waals surface area contributed by atoms with Crippen molar-refractivity contribution in [2.75, 3.05) is 0 Å². The molecule has 0 spiro atoms. The molecule has 1 heterocycles. The van der Waals surface area contributed by atoms with Gasteiger partial charge in [-0.1, -0.05) is 6.07 Å². The lowest BCUT2D eigenvalue weighted by molar-refractivity contribution is -0.158. The summed E-state index contributed by atoms with van der Waals surface area (Å²) in [5, 5.41) is 4.55. The molecule has 0 aliphatic carbocycles. The van der Waals surface area contributed by atoms with Crippen LogP contribution in [0, 0.1) is 0 Å². The molecule has 0 bridgehead atoms. The maximum absolute atomic E-state index is 11.7. The highest BCUT2D eigenvalue weighted by Crippen LogP contribution is 2.10. The summed E-state index contributed by atoms with van der Waals surface area (Å²) in [5.41, 5.74) is -0.538. The molecule has 0 radical (unpaired) electrons. The Morgan fingerprint density at radius 2 is 2.11 bits per heavy atom. The summed E-state index contributed by atoms with van der Waals surface area (Å²) in [7, 11) is 0. The number of carbonyl (C=O) groups is 2. The van der Waals surface area contributed by atoms with E-state index in [-0.39, 0.29) is 5.91 Å². The fourth-order valence-electron chi connectivity index (χ4n) is 1.31. The van der Waals surface area contributed by atoms with Gasteiger partial charge in [0, 0.05) is 4.88 Å². The number of hydrogen-bond acceptors (Lipinski definition) is 4. The van der Waals surface area contributed by atoms with Crippen molar-refractivity contribution in [2.45, 2.75) is 45.8 Å². The van der Waals surface area contributed by atoms with E-state index in [1.165, 1.54) is 11.3 Å². The lowest BCUT2D eigenvalue weighted by Gasteiger charge is -2.22. The lowest BCUT2D eigenvalue weighted by atomic mass is 10.2. The molecule has 1 aromatic heterocycles. The van der Waals surface area contributed by atoms with Crippen molar-refractivity contribution in [1.82, 2.24) is 5.32 Å². The SMILES string of the molecule is C[C@H](NC(=O)Cc1cccs1)C(=O)OC(C)(C)C. The van der Waals surface area contributed by atoms with Gasteiger partial charge in [0.15, 0.2) is 0 Å². The molecular weight excluding hydrogens is 250 g/mol. The van der Waals surface area contributed by atoms with Gasteiger partial charge in [-0.25, -0.2) is 4.79 Å². The number of ether oxygens (including phenoxy) is 1. The van der Waals surface area contributed by atoms with Crippen LogP contribution in [-0.4, -0.2) is 23.5 Å². The Kier molecular flexibility index (Phi) is 4.90. The van der Waals surface area contributed by atoms with Gasteiger partial charge >= 0.3 is 5.97 Å². The standard InChI is InChI=1S/C13H19NO3S/c1-9(12(16)17-13(2,3)4)14-11(15)8-10-6-5-7-18-10/h5-7,9H,8H2,1-4H3,(H,14,15)/t9-/m0/s1. The number of thiophene rings is 1. The van der Waals surface area contributed by atoms with Crippen LogP contribution in [0.5, 0.6) is 0 Å². The molecule has 0 saturated carbocycles. The van der Waals surface area contributed by atoms with Crippen LogP contribution in [0.3, 0.4) is 0 Å². The highest BCUT2D eigenvalue weighted by atomic mass is 32.1. The highest BCUT2D eigenvalue weighted by molar-refractivity contribution is 7.10. The number of rotatable bonds is 4. The van der Waals surface area contributed by atoms with Crippen molar-refractivity contribution in [3.8, 4) is 0 Å². The molecule has 18 heavy (non-hydrogen) atoms. The van der Waals surface area contributed by atoms with E-state index in [2.05, 4.69) is 5.32 Å². The molecule has 1 N–H and O–H groups in total. The molecule has 100 valence electrons. The molecule has 5 heteroatoms. The first-order valence-electron chi connectivity index (χ1n) is 5.82. The summed E-state index contributed by atoms with van der Waals surface area (Å²) in [6, 6.07) is 3.16. The Labute approximate surface area is 111 Å². The van der Waals surface area contributed by atoms with Crippen LogP contribution < -0.4 is 5.32 Å². The average molecular weight is 269 g/mol. The maximum Gasteiger partial charge on any atom is 0.328 e. The molecule has 0 unspecified atom stereocenters. The monoisotopic (exact) mass is 269 g/mol. The first-order valence-corrected chi connectivity index (χ1v) is 6.70. The number of esters is 1. The Balaban J connectivity index is 2.42. The normalized spacial score (nSPS) is 12.9. The van der Waals surface area contributed by atoms with Gasteiger partial charge in [-0.2, -0.15) is 0 Å². The van der Waals surface area contributed by atoms with E-state index in [4.69, 9.17) is 4.74 Å². The van der Waals surface area contributed by atoms with Crippen LogP contribution >= 0.6 is 11.3 Å². The van der Waals surface area contributed by atoms with Gasteiger partial charge in [0.25, 0.3) is 0 Å². The Bertz CT molecular complexity index is 406. The molecule has 0 aromatic carbocycles. The van der Waals surface area contributed by atoms with E-state index in [0.717, 1.165) is 4.88 Å². The second-order valence-electron chi connectivity index (χ2n) is 5.08. The van der Waals surface area contributed by atoms with Crippen LogP contribution in [0.4, 0.5) is 0 Å². The summed E-state index contributed by atoms with van der Waals surface area (Å²) in [5.74, 6) is -0.585. The van der Waals surface area contributed by atoms with Crippen molar-refractivity contribution < 1.29 is 14.3 Å². The molecule has 0 aliphatic rings. The third-order valence-electron chi connectivity index (χ3n) is 2.05. The first-order chi connectivity index (χ1) is 8.28. The van der Waals surface area contributed by atoms with Crippen molar-refractivity contribution >= 4 is 23.2 Å². The predicted octanol–water partition coefficient (Wildman–Crippen LogP) is 2.14. The Hall–Kier alpha value is -1.36. The van der Waals surface area contributed by atoms with Crippen molar-refractivity contribution in [3.63, 3.8) is 0 Å². The van der Waals surface area contributed by atoms with E-state index in [9.17, 15) is 9.59 Å². The second-order valence-corrected chi connectivity index (χ2v) is 6.11. The van der Waals surface area contributed by atoms with Crippen LogP contribution in [0.25, 0.3) is 0 Å². The fourth-order valence-corrected chi connectivity index (χ4v) is 2.02. The molecule has 0 aliphatic heterocycles. The molecule has 1 aromatic rings. The van der Waals surface area contributed by atoms with Gasteiger partial charge in [-0.3, -0.25) is 4.79 Å². The highest BCUT2D eigenvalue weighted by Gasteiger charge is 2.22. The maximum atomic E-state index is 11.7. The van der Waals surface area contributed by atoms with Gasteiger partial charge in [-0.15, -0.1) is 11.3 Å². The summed E-state index contributed by atoms with van der Waals surface area (Å²) in [6.07, 6.45) is 0.296. The largest absolute Gasteiger partial charge is 0.458 e. The van der Waals surface area contributed by atoms with Crippen molar-refractivity contribution in [1.29, 1.82) is 0 Å². The van der Waals surface area contributed by atoms with Crippen LogP contribution in [0.2, 0.25) is 0 Å². The van der Waals surface area contributed by atoms with Gasteiger partial charge in [0.05, 0.1) is 6.42 Å². The zero-order valence-corrected chi connectivity index (χ0v) is 12.0. The molecule has 1 rings (SSSR count). The molecule has 4 nitrogen and oxygen atoms in total. The Morgan fingerprint density at radius 1 is 1.44 bits per heavy atom. The van der Waals surface area contributed by atoms with Crippen LogP contribution in [0.15, 0.2) is 17.5 Å². The fraction of sp³-hybridized carbons (Fsp3) is 0.538.